The maximum absolute atomic E-state index is 6.00. The number of halogens is 1. The molecule has 0 saturated heterocycles. The number of hydrogen-bond donors (Lipinski definition) is 2. The van der Waals surface area contributed by atoms with Gasteiger partial charge in [0.05, 0.1) is 0 Å². The molecule has 5 heteroatoms. The van der Waals surface area contributed by atoms with Crippen LogP contribution < -0.4 is 11.1 Å². The summed E-state index contributed by atoms with van der Waals surface area (Å²) in [6.07, 6.45) is 0. The SMILES string of the molecule is Cc1c(N)nc(C(C)(C)C)nc1Nc1cccc(Br)c1. The Bertz CT molecular complexity index is 632. The molecule has 2 rings (SSSR count). The van der Waals surface area contributed by atoms with Gasteiger partial charge < -0.3 is 11.1 Å². The predicted molar refractivity (Wildman–Crippen MR) is 87.3 cm³/mol. The number of anilines is 3. The van der Waals surface area contributed by atoms with Gasteiger partial charge in [-0.25, -0.2) is 9.97 Å². The summed E-state index contributed by atoms with van der Waals surface area (Å²) in [4.78, 5) is 8.99. The van der Waals surface area contributed by atoms with Crippen LogP contribution in [0.25, 0.3) is 0 Å². The van der Waals surface area contributed by atoms with Crippen LogP contribution in [-0.2, 0) is 5.41 Å². The van der Waals surface area contributed by atoms with Gasteiger partial charge in [0.15, 0.2) is 0 Å². The third-order valence-electron chi connectivity index (χ3n) is 2.94. The molecule has 2 aromatic rings. The van der Waals surface area contributed by atoms with Crippen molar-refractivity contribution in [3.63, 3.8) is 0 Å². The second-order valence-electron chi connectivity index (χ2n) is 5.79. The molecule has 0 aliphatic carbocycles. The van der Waals surface area contributed by atoms with Crippen molar-refractivity contribution in [2.24, 2.45) is 0 Å². The van der Waals surface area contributed by atoms with Crippen LogP contribution in [0.1, 0.15) is 32.2 Å². The van der Waals surface area contributed by atoms with E-state index in [0.29, 0.717) is 5.82 Å². The van der Waals surface area contributed by atoms with E-state index in [1.807, 2.05) is 31.2 Å². The van der Waals surface area contributed by atoms with Gasteiger partial charge in [0, 0.05) is 21.1 Å². The second kappa shape index (κ2) is 5.40. The Labute approximate surface area is 128 Å². The zero-order chi connectivity index (χ0) is 14.9. The van der Waals surface area contributed by atoms with Crippen molar-refractivity contribution in [2.45, 2.75) is 33.1 Å². The Morgan fingerprint density at radius 3 is 2.50 bits per heavy atom. The fraction of sp³-hybridized carbons (Fsp3) is 0.333. The average Bonchev–Trinajstić information content (AvgIpc) is 2.33. The molecule has 1 heterocycles. The topological polar surface area (TPSA) is 63.8 Å². The highest BCUT2D eigenvalue weighted by molar-refractivity contribution is 9.10. The standard InChI is InChI=1S/C15H19BrN4/c1-9-12(17)19-14(15(2,3)4)20-13(9)18-11-7-5-6-10(16)8-11/h5-8H,1-4H3,(H3,17,18,19,20). The first kappa shape index (κ1) is 14.8. The third-order valence-corrected chi connectivity index (χ3v) is 3.43. The van der Waals surface area contributed by atoms with E-state index in [1.165, 1.54) is 0 Å². The molecule has 4 nitrogen and oxygen atoms in total. The van der Waals surface area contributed by atoms with Crippen molar-refractivity contribution in [3.8, 4) is 0 Å². The van der Waals surface area contributed by atoms with Crippen molar-refractivity contribution >= 4 is 33.3 Å². The average molecular weight is 335 g/mol. The van der Waals surface area contributed by atoms with E-state index in [1.54, 1.807) is 0 Å². The summed E-state index contributed by atoms with van der Waals surface area (Å²) in [5, 5.41) is 3.31. The van der Waals surface area contributed by atoms with Crippen LogP contribution in [0, 0.1) is 6.92 Å². The van der Waals surface area contributed by atoms with E-state index in [2.05, 4.69) is 52.0 Å². The first-order valence-corrected chi connectivity index (χ1v) is 7.24. The lowest BCUT2D eigenvalue weighted by Crippen LogP contribution is -2.18. The van der Waals surface area contributed by atoms with Crippen molar-refractivity contribution in [1.29, 1.82) is 0 Å². The van der Waals surface area contributed by atoms with Gasteiger partial charge in [-0.15, -0.1) is 0 Å². The van der Waals surface area contributed by atoms with E-state index < -0.39 is 0 Å². The number of nitrogen functional groups attached to an aromatic ring is 1. The van der Waals surface area contributed by atoms with Crippen LogP contribution in [0.2, 0.25) is 0 Å². The summed E-state index contributed by atoms with van der Waals surface area (Å²) in [7, 11) is 0. The normalized spacial score (nSPS) is 11.4. The Morgan fingerprint density at radius 1 is 1.20 bits per heavy atom. The van der Waals surface area contributed by atoms with Gasteiger partial charge in [0.25, 0.3) is 0 Å². The minimum absolute atomic E-state index is 0.143. The first-order valence-electron chi connectivity index (χ1n) is 6.44. The van der Waals surface area contributed by atoms with Gasteiger partial charge in [-0.2, -0.15) is 0 Å². The Hall–Kier alpha value is -1.62. The summed E-state index contributed by atoms with van der Waals surface area (Å²) in [6.45, 7) is 8.13. The highest BCUT2D eigenvalue weighted by Gasteiger charge is 2.20. The fourth-order valence-corrected chi connectivity index (χ4v) is 2.09. The molecular weight excluding hydrogens is 316 g/mol. The Kier molecular flexibility index (Phi) is 3.99. The highest BCUT2D eigenvalue weighted by atomic mass is 79.9. The molecule has 0 spiro atoms. The number of nitrogens with one attached hydrogen (secondary N) is 1. The first-order chi connectivity index (χ1) is 9.27. The summed E-state index contributed by atoms with van der Waals surface area (Å²) in [5.74, 6) is 2.00. The van der Waals surface area contributed by atoms with Crippen molar-refractivity contribution in [3.05, 3.63) is 40.1 Å². The molecule has 0 bridgehead atoms. The van der Waals surface area contributed by atoms with Gasteiger partial charge in [0.1, 0.15) is 17.5 Å². The molecule has 0 amide bonds. The summed E-state index contributed by atoms with van der Waals surface area (Å²) >= 11 is 3.46. The van der Waals surface area contributed by atoms with E-state index in [9.17, 15) is 0 Å². The molecule has 0 unspecified atom stereocenters. The maximum atomic E-state index is 6.00. The minimum atomic E-state index is -0.143. The summed E-state index contributed by atoms with van der Waals surface area (Å²) in [6, 6.07) is 7.93. The largest absolute Gasteiger partial charge is 0.383 e. The van der Waals surface area contributed by atoms with Crippen LogP contribution >= 0.6 is 15.9 Å². The van der Waals surface area contributed by atoms with Crippen LogP contribution in [0.3, 0.4) is 0 Å². The number of benzene rings is 1. The van der Waals surface area contributed by atoms with Crippen molar-refractivity contribution in [1.82, 2.24) is 9.97 Å². The number of aromatic nitrogens is 2. The zero-order valence-electron chi connectivity index (χ0n) is 12.2. The molecule has 1 aromatic carbocycles. The Morgan fingerprint density at radius 2 is 1.90 bits per heavy atom. The maximum Gasteiger partial charge on any atom is 0.139 e. The fourth-order valence-electron chi connectivity index (χ4n) is 1.69. The lowest BCUT2D eigenvalue weighted by molar-refractivity contribution is 0.546. The van der Waals surface area contributed by atoms with Gasteiger partial charge in [-0.1, -0.05) is 42.8 Å². The summed E-state index contributed by atoms with van der Waals surface area (Å²) in [5.41, 5.74) is 7.68. The molecule has 3 N–H and O–H groups in total. The molecular formula is C15H19BrN4. The number of hydrogen-bond acceptors (Lipinski definition) is 4. The van der Waals surface area contributed by atoms with Crippen LogP contribution in [-0.4, -0.2) is 9.97 Å². The zero-order valence-corrected chi connectivity index (χ0v) is 13.7. The number of nitrogens with two attached hydrogens (primary N) is 1. The van der Waals surface area contributed by atoms with Crippen LogP contribution in [0.4, 0.5) is 17.3 Å². The number of nitrogens with zero attached hydrogens (tertiary/aromatic N) is 2. The van der Waals surface area contributed by atoms with E-state index in [-0.39, 0.29) is 5.41 Å². The monoisotopic (exact) mass is 334 g/mol. The third kappa shape index (κ3) is 3.28. The van der Waals surface area contributed by atoms with E-state index in [0.717, 1.165) is 27.4 Å². The molecule has 20 heavy (non-hydrogen) atoms. The quantitative estimate of drug-likeness (QED) is 0.864. The number of rotatable bonds is 2. The molecule has 0 atom stereocenters. The van der Waals surface area contributed by atoms with Crippen LogP contribution in [0.5, 0.6) is 0 Å². The molecule has 106 valence electrons. The van der Waals surface area contributed by atoms with Gasteiger partial charge in [-0.05, 0) is 25.1 Å². The molecule has 0 radical (unpaired) electrons. The second-order valence-corrected chi connectivity index (χ2v) is 6.71. The van der Waals surface area contributed by atoms with E-state index >= 15 is 0 Å². The molecule has 0 saturated carbocycles. The van der Waals surface area contributed by atoms with Gasteiger partial charge in [0.2, 0.25) is 0 Å². The predicted octanol–water partition coefficient (Wildman–Crippen LogP) is 4.17. The van der Waals surface area contributed by atoms with E-state index in [4.69, 9.17) is 5.73 Å². The van der Waals surface area contributed by atoms with Crippen molar-refractivity contribution in [2.75, 3.05) is 11.1 Å². The lowest BCUT2D eigenvalue weighted by atomic mass is 9.95. The molecule has 0 fully saturated rings. The molecule has 0 aliphatic rings. The van der Waals surface area contributed by atoms with Crippen molar-refractivity contribution < 1.29 is 0 Å². The Balaban J connectivity index is 2.43. The summed E-state index contributed by atoms with van der Waals surface area (Å²) < 4.78 is 1.01. The molecule has 0 aliphatic heterocycles. The lowest BCUT2D eigenvalue weighted by Gasteiger charge is -2.19. The van der Waals surface area contributed by atoms with Crippen LogP contribution in [0.15, 0.2) is 28.7 Å². The smallest absolute Gasteiger partial charge is 0.139 e. The minimum Gasteiger partial charge on any atom is -0.383 e. The van der Waals surface area contributed by atoms with Gasteiger partial charge in [-0.3, -0.25) is 0 Å². The molecule has 1 aromatic heterocycles. The van der Waals surface area contributed by atoms with Gasteiger partial charge >= 0.3 is 0 Å². The highest BCUT2D eigenvalue weighted by Crippen LogP contribution is 2.27.